The molecular formula is C16H25NO2. The maximum absolute atomic E-state index is 12.6. The first kappa shape index (κ1) is 15.7. The Balaban J connectivity index is 3.22. The van der Waals surface area contributed by atoms with Crippen molar-refractivity contribution in [2.75, 3.05) is 14.2 Å². The van der Waals surface area contributed by atoms with Gasteiger partial charge in [-0.15, -0.1) is 0 Å². The van der Waals surface area contributed by atoms with Gasteiger partial charge >= 0.3 is 0 Å². The van der Waals surface area contributed by atoms with Crippen molar-refractivity contribution >= 4 is 5.78 Å². The molecule has 3 heteroatoms. The molecule has 0 aromatic heterocycles. The zero-order valence-corrected chi connectivity index (χ0v) is 12.8. The van der Waals surface area contributed by atoms with E-state index in [2.05, 4.69) is 19.2 Å². The standard InChI is InChI=1S/C16H25NO2/c1-10(2)12-7-8-14(19-6)13(9-12)16(18)15(17-5)11(3)4/h7-11,15,17H,1-6H3. The van der Waals surface area contributed by atoms with E-state index in [1.807, 2.05) is 39.1 Å². The summed E-state index contributed by atoms with van der Waals surface area (Å²) >= 11 is 0. The van der Waals surface area contributed by atoms with Crippen LogP contribution in [0.25, 0.3) is 0 Å². The van der Waals surface area contributed by atoms with E-state index in [1.165, 1.54) is 0 Å². The van der Waals surface area contributed by atoms with Gasteiger partial charge in [0.25, 0.3) is 0 Å². The average molecular weight is 263 g/mol. The lowest BCUT2D eigenvalue weighted by molar-refractivity contribution is 0.0919. The third-order valence-corrected chi connectivity index (χ3v) is 3.42. The Morgan fingerprint density at radius 3 is 2.26 bits per heavy atom. The number of ketones is 1. The van der Waals surface area contributed by atoms with Gasteiger partial charge in [0.2, 0.25) is 0 Å². The molecule has 0 saturated heterocycles. The highest BCUT2D eigenvalue weighted by atomic mass is 16.5. The number of likely N-dealkylation sites (N-methyl/N-ethyl adjacent to an activating group) is 1. The Hall–Kier alpha value is -1.35. The number of hydrogen-bond acceptors (Lipinski definition) is 3. The lowest BCUT2D eigenvalue weighted by Gasteiger charge is -2.21. The fourth-order valence-corrected chi connectivity index (χ4v) is 2.21. The summed E-state index contributed by atoms with van der Waals surface area (Å²) in [5, 5.41) is 3.09. The van der Waals surface area contributed by atoms with Gasteiger partial charge in [0, 0.05) is 0 Å². The summed E-state index contributed by atoms with van der Waals surface area (Å²) in [5.74, 6) is 1.38. The molecule has 106 valence electrons. The molecule has 0 radical (unpaired) electrons. The lowest BCUT2D eigenvalue weighted by atomic mass is 9.92. The number of carbonyl (C=O) groups is 1. The summed E-state index contributed by atoms with van der Waals surface area (Å²) in [6.07, 6.45) is 0. The van der Waals surface area contributed by atoms with Gasteiger partial charge in [-0.3, -0.25) is 4.79 Å². The van der Waals surface area contributed by atoms with Crippen molar-refractivity contribution < 1.29 is 9.53 Å². The summed E-state index contributed by atoms with van der Waals surface area (Å²) in [6, 6.07) is 5.68. The molecule has 0 aliphatic carbocycles. The number of methoxy groups -OCH3 is 1. The molecular weight excluding hydrogens is 238 g/mol. The first-order valence-corrected chi connectivity index (χ1v) is 6.81. The van der Waals surface area contributed by atoms with Crippen molar-refractivity contribution in [1.29, 1.82) is 0 Å². The lowest BCUT2D eigenvalue weighted by Crippen LogP contribution is -2.38. The Bertz CT molecular complexity index is 438. The topological polar surface area (TPSA) is 38.3 Å². The van der Waals surface area contributed by atoms with Crippen LogP contribution in [-0.4, -0.2) is 26.0 Å². The second kappa shape index (κ2) is 6.71. The largest absolute Gasteiger partial charge is 0.496 e. The highest BCUT2D eigenvalue weighted by Gasteiger charge is 2.24. The quantitative estimate of drug-likeness (QED) is 0.801. The van der Waals surface area contributed by atoms with Crippen molar-refractivity contribution in [3.8, 4) is 5.75 Å². The van der Waals surface area contributed by atoms with E-state index in [4.69, 9.17) is 4.74 Å². The highest BCUT2D eigenvalue weighted by Crippen LogP contribution is 2.26. The van der Waals surface area contributed by atoms with Gasteiger partial charge in [-0.1, -0.05) is 33.8 Å². The van der Waals surface area contributed by atoms with Gasteiger partial charge in [0.15, 0.2) is 5.78 Å². The number of nitrogens with one attached hydrogen (secondary N) is 1. The first-order chi connectivity index (χ1) is 8.92. The fraction of sp³-hybridized carbons (Fsp3) is 0.562. The normalized spacial score (nSPS) is 12.8. The predicted molar refractivity (Wildman–Crippen MR) is 79.1 cm³/mol. The van der Waals surface area contributed by atoms with E-state index < -0.39 is 0 Å². The maximum Gasteiger partial charge on any atom is 0.183 e. The fourth-order valence-electron chi connectivity index (χ4n) is 2.21. The van der Waals surface area contributed by atoms with Gasteiger partial charge in [0.1, 0.15) is 5.75 Å². The summed E-state index contributed by atoms with van der Waals surface area (Å²) in [4.78, 5) is 12.6. The Morgan fingerprint density at radius 1 is 1.21 bits per heavy atom. The Labute approximate surface area is 116 Å². The van der Waals surface area contributed by atoms with Crippen LogP contribution in [0.15, 0.2) is 18.2 Å². The molecule has 3 nitrogen and oxygen atoms in total. The Morgan fingerprint density at radius 2 is 1.84 bits per heavy atom. The molecule has 1 atom stereocenters. The van der Waals surface area contributed by atoms with Crippen LogP contribution < -0.4 is 10.1 Å². The van der Waals surface area contributed by atoms with Gasteiger partial charge in [-0.2, -0.15) is 0 Å². The zero-order valence-electron chi connectivity index (χ0n) is 12.8. The van der Waals surface area contributed by atoms with Crippen LogP contribution in [0, 0.1) is 5.92 Å². The molecule has 0 aliphatic rings. The Kier molecular flexibility index (Phi) is 5.55. The smallest absolute Gasteiger partial charge is 0.183 e. The number of benzene rings is 1. The summed E-state index contributed by atoms with van der Waals surface area (Å²) in [6.45, 7) is 8.32. The van der Waals surface area contributed by atoms with Gasteiger partial charge < -0.3 is 10.1 Å². The zero-order chi connectivity index (χ0) is 14.6. The average Bonchev–Trinajstić information content (AvgIpc) is 2.38. The molecule has 1 aromatic rings. The molecule has 0 heterocycles. The maximum atomic E-state index is 12.6. The first-order valence-electron chi connectivity index (χ1n) is 6.81. The second-order valence-corrected chi connectivity index (χ2v) is 5.49. The van der Waals surface area contributed by atoms with Crippen molar-refractivity contribution in [2.24, 2.45) is 5.92 Å². The predicted octanol–water partition coefficient (Wildman–Crippen LogP) is 3.25. The van der Waals surface area contributed by atoms with E-state index in [-0.39, 0.29) is 17.7 Å². The third-order valence-electron chi connectivity index (χ3n) is 3.42. The van der Waals surface area contributed by atoms with E-state index in [9.17, 15) is 4.79 Å². The van der Waals surface area contributed by atoms with E-state index in [0.717, 1.165) is 5.56 Å². The second-order valence-electron chi connectivity index (χ2n) is 5.49. The van der Waals surface area contributed by atoms with Crippen LogP contribution in [-0.2, 0) is 0 Å². The van der Waals surface area contributed by atoms with Crippen LogP contribution in [0.2, 0.25) is 0 Å². The van der Waals surface area contributed by atoms with Crippen LogP contribution in [0.1, 0.15) is 49.5 Å². The van der Waals surface area contributed by atoms with Crippen LogP contribution in [0.5, 0.6) is 5.75 Å². The number of hydrogen-bond donors (Lipinski definition) is 1. The highest BCUT2D eigenvalue weighted by molar-refractivity contribution is 6.02. The SMILES string of the molecule is CNC(C(=O)c1cc(C(C)C)ccc1OC)C(C)C. The molecule has 0 bridgehead atoms. The molecule has 0 fully saturated rings. The minimum Gasteiger partial charge on any atom is -0.496 e. The number of ether oxygens (including phenoxy) is 1. The third kappa shape index (κ3) is 3.57. The number of carbonyl (C=O) groups excluding carboxylic acids is 1. The molecule has 1 N–H and O–H groups in total. The van der Waals surface area contributed by atoms with Crippen LogP contribution >= 0.6 is 0 Å². The minimum atomic E-state index is -0.184. The molecule has 1 unspecified atom stereocenters. The van der Waals surface area contributed by atoms with Gasteiger partial charge in [-0.25, -0.2) is 0 Å². The number of rotatable bonds is 6. The summed E-state index contributed by atoms with van der Waals surface area (Å²) in [7, 11) is 3.42. The molecule has 1 rings (SSSR count). The summed E-state index contributed by atoms with van der Waals surface area (Å²) < 4.78 is 5.33. The van der Waals surface area contributed by atoms with Crippen molar-refractivity contribution in [3.63, 3.8) is 0 Å². The monoisotopic (exact) mass is 263 g/mol. The number of Topliss-reactive ketones (excluding diaryl/α,β-unsaturated/α-hetero) is 1. The van der Waals surface area contributed by atoms with Crippen LogP contribution in [0.3, 0.4) is 0 Å². The molecule has 0 amide bonds. The van der Waals surface area contributed by atoms with Crippen molar-refractivity contribution in [1.82, 2.24) is 5.32 Å². The van der Waals surface area contributed by atoms with E-state index in [0.29, 0.717) is 17.2 Å². The van der Waals surface area contributed by atoms with Crippen molar-refractivity contribution in [3.05, 3.63) is 29.3 Å². The van der Waals surface area contributed by atoms with E-state index in [1.54, 1.807) is 7.11 Å². The molecule has 0 saturated carbocycles. The van der Waals surface area contributed by atoms with Gasteiger partial charge in [0.05, 0.1) is 18.7 Å². The molecule has 1 aromatic carbocycles. The van der Waals surface area contributed by atoms with Crippen molar-refractivity contribution in [2.45, 2.75) is 39.7 Å². The molecule has 0 spiro atoms. The van der Waals surface area contributed by atoms with Crippen LogP contribution in [0.4, 0.5) is 0 Å². The molecule has 0 aliphatic heterocycles. The summed E-state index contributed by atoms with van der Waals surface area (Å²) in [5.41, 5.74) is 1.82. The van der Waals surface area contributed by atoms with Gasteiger partial charge in [-0.05, 0) is 36.6 Å². The van der Waals surface area contributed by atoms with E-state index >= 15 is 0 Å². The minimum absolute atomic E-state index is 0.0943. The molecule has 19 heavy (non-hydrogen) atoms.